The van der Waals surface area contributed by atoms with E-state index >= 15 is 0 Å². The minimum absolute atomic E-state index is 0.0659. The molecule has 0 fully saturated rings. The van der Waals surface area contributed by atoms with Crippen LogP contribution in [0.4, 0.5) is 0 Å². The lowest BCUT2D eigenvalue weighted by Gasteiger charge is -2.18. The third-order valence-corrected chi connectivity index (χ3v) is 11.6. The Morgan fingerprint density at radius 2 is 0.500 bits per heavy atom. The zero-order valence-electron chi connectivity index (χ0n) is 39.8. The van der Waals surface area contributed by atoms with E-state index in [0.717, 1.165) is 75.5 Å². The molecule has 0 aromatic rings. The minimum atomic E-state index is -0.763. The molecule has 0 aliphatic heterocycles. The summed E-state index contributed by atoms with van der Waals surface area (Å²) in [5.41, 5.74) is 0. The Kier molecular flexibility index (Phi) is 42.3. The molecule has 0 unspecified atom stereocenters. The van der Waals surface area contributed by atoms with Crippen molar-refractivity contribution >= 4 is 17.9 Å². The Morgan fingerprint density at radius 1 is 0.293 bits per heavy atom. The number of rotatable bonds is 45. The highest BCUT2D eigenvalue weighted by molar-refractivity contribution is 5.71. The molecule has 1 atom stereocenters. The molecule has 0 rings (SSSR count). The van der Waals surface area contributed by atoms with Crippen molar-refractivity contribution in [1.29, 1.82) is 0 Å². The maximum Gasteiger partial charge on any atom is 0.306 e. The number of hydrogen-bond acceptors (Lipinski definition) is 6. The average molecular weight is 821 g/mol. The number of hydrogen-bond donors (Lipinski definition) is 0. The summed E-state index contributed by atoms with van der Waals surface area (Å²) in [6, 6.07) is 0. The van der Waals surface area contributed by atoms with Crippen LogP contribution in [-0.2, 0) is 28.6 Å². The number of carbonyl (C=O) groups excluding carboxylic acids is 3. The number of ether oxygens (including phenoxy) is 3. The molecule has 0 spiro atoms. The summed E-state index contributed by atoms with van der Waals surface area (Å²) in [5, 5.41) is 0. The summed E-state index contributed by atoms with van der Waals surface area (Å²) in [6.45, 7) is 13.6. The molecule has 344 valence electrons. The Morgan fingerprint density at radius 3 is 0.741 bits per heavy atom. The van der Waals surface area contributed by atoms with E-state index in [9.17, 15) is 14.4 Å². The largest absolute Gasteiger partial charge is 0.462 e. The second-order valence-electron chi connectivity index (χ2n) is 19.2. The number of unbranched alkanes of at least 4 members (excludes halogenated alkanes) is 28. The monoisotopic (exact) mass is 821 g/mol. The van der Waals surface area contributed by atoms with Crippen molar-refractivity contribution in [2.24, 2.45) is 17.8 Å². The molecule has 0 N–H and O–H groups in total. The molecular weight excluding hydrogens is 721 g/mol. The molecular formula is C52H100O6. The fraction of sp³-hybridized carbons (Fsp3) is 0.942. The highest BCUT2D eigenvalue weighted by Crippen LogP contribution is 2.17. The normalized spacial score (nSPS) is 12.2. The van der Waals surface area contributed by atoms with E-state index in [-0.39, 0.29) is 31.1 Å². The van der Waals surface area contributed by atoms with Gasteiger partial charge >= 0.3 is 17.9 Å². The van der Waals surface area contributed by atoms with Gasteiger partial charge in [-0.25, -0.2) is 0 Å². The highest BCUT2D eigenvalue weighted by atomic mass is 16.6. The maximum absolute atomic E-state index is 12.8. The Hall–Kier alpha value is -1.59. The maximum atomic E-state index is 12.8. The first-order valence-electron chi connectivity index (χ1n) is 25.6. The fourth-order valence-electron chi connectivity index (χ4n) is 7.76. The molecule has 0 amide bonds. The van der Waals surface area contributed by atoms with Crippen LogP contribution in [-0.4, -0.2) is 37.2 Å². The molecule has 0 radical (unpaired) electrons. The fourth-order valence-corrected chi connectivity index (χ4v) is 7.76. The topological polar surface area (TPSA) is 78.9 Å². The highest BCUT2D eigenvalue weighted by Gasteiger charge is 2.19. The van der Waals surface area contributed by atoms with Gasteiger partial charge in [0, 0.05) is 19.3 Å². The van der Waals surface area contributed by atoms with Gasteiger partial charge in [0.15, 0.2) is 6.10 Å². The zero-order chi connectivity index (χ0) is 42.7. The smallest absolute Gasteiger partial charge is 0.306 e. The van der Waals surface area contributed by atoms with Crippen LogP contribution < -0.4 is 0 Å². The zero-order valence-corrected chi connectivity index (χ0v) is 39.8. The van der Waals surface area contributed by atoms with Crippen molar-refractivity contribution in [3.8, 4) is 0 Å². The van der Waals surface area contributed by atoms with E-state index in [4.69, 9.17) is 14.2 Å². The van der Waals surface area contributed by atoms with Gasteiger partial charge in [0.1, 0.15) is 13.2 Å². The SMILES string of the molecule is CC(C)CCCCCCCCCCCCCCCCCCC(=O)O[C@@H](COC(=O)CCCCCCCCCCCC(C)C)COC(=O)CCCCCCCCC(C)C. The number of carbonyl (C=O) groups is 3. The second-order valence-corrected chi connectivity index (χ2v) is 19.2. The minimum Gasteiger partial charge on any atom is -0.462 e. The quantitative estimate of drug-likeness (QED) is 0.0346. The lowest BCUT2D eigenvalue weighted by molar-refractivity contribution is -0.167. The van der Waals surface area contributed by atoms with E-state index in [1.165, 1.54) is 161 Å². The first-order valence-corrected chi connectivity index (χ1v) is 25.6. The molecule has 0 bridgehead atoms. The van der Waals surface area contributed by atoms with Crippen LogP contribution in [0.25, 0.3) is 0 Å². The van der Waals surface area contributed by atoms with Gasteiger partial charge in [-0.2, -0.15) is 0 Å². The van der Waals surface area contributed by atoms with Crippen molar-refractivity contribution in [2.45, 2.75) is 285 Å². The van der Waals surface area contributed by atoms with Gasteiger partial charge in [0.25, 0.3) is 0 Å². The molecule has 0 aromatic carbocycles. The van der Waals surface area contributed by atoms with Crippen LogP contribution in [0.15, 0.2) is 0 Å². The van der Waals surface area contributed by atoms with Crippen molar-refractivity contribution in [3.05, 3.63) is 0 Å². The van der Waals surface area contributed by atoms with E-state index in [2.05, 4.69) is 41.5 Å². The van der Waals surface area contributed by atoms with Crippen LogP contribution in [0.1, 0.15) is 279 Å². The third kappa shape index (κ3) is 45.5. The van der Waals surface area contributed by atoms with E-state index in [1.807, 2.05) is 0 Å². The molecule has 0 aliphatic carbocycles. The van der Waals surface area contributed by atoms with Crippen molar-refractivity contribution in [2.75, 3.05) is 13.2 Å². The summed E-state index contributed by atoms with van der Waals surface area (Å²) in [5.74, 6) is 1.56. The average Bonchev–Trinajstić information content (AvgIpc) is 3.18. The summed E-state index contributed by atoms with van der Waals surface area (Å²) in [6.07, 6.45) is 42.5. The van der Waals surface area contributed by atoms with Crippen LogP contribution in [0.2, 0.25) is 0 Å². The number of esters is 3. The summed E-state index contributed by atoms with van der Waals surface area (Å²) in [7, 11) is 0. The molecule has 6 heteroatoms. The van der Waals surface area contributed by atoms with Gasteiger partial charge in [-0.15, -0.1) is 0 Å². The van der Waals surface area contributed by atoms with Crippen molar-refractivity contribution < 1.29 is 28.6 Å². The van der Waals surface area contributed by atoms with Crippen molar-refractivity contribution in [3.63, 3.8) is 0 Å². The van der Waals surface area contributed by atoms with Crippen LogP contribution in [0.5, 0.6) is 0 Å². The lowest BCUT2D eigenvalue weighted by atomic mass is 10.0. The summed E-state index contributed by atoms with van der Waals surface area (Å²) >= 11 is 0. The third-order valence-electron chi connectivity index (χ3n) is 11.6. The first kappa shape index (κ1) is 56.4. The first-order chi connectivity index (χ1) is 28.1. The van der Waals surface area contributed by atoms with Crippen molar-refractivity contribution in [1.82, 2.24) is 0 Å². The molecule has 0 saturated carbocycles. The Bertz CT molecular complexity index is 898. The Labute approximate surface area is 361 Å². The van der Waals surface area contributed by atoms with E-state index in [0.29, 0.717) is 19.3 Å². The molecule has 0 saturated heterocycles. The second kappa shape index (κ2) is 43.5. The van der Waals surface area contributed by atoms with E-state index < -0.39 is 6.10 Å². The lowest BCUT2D eigenvalue weighted by Crippen LogP contribution is -2.30. The van der Waals surface area contributed by atoms with Gasteiger partial charge < -0.3 is 14.2 Å². The molecule has 6 nitrogen and oxygen atoms in total. The molecule has 58 heavy (non-hydrogen) atoms. The summed E-state index contributed by atoms with van der Waals surface area (Å²) < 4.78 is 16.8. The van der Waals surface area contributed by atoms with Gasteiger partial charge in [-0.3, -0.25) is 14.4 Å². The standard InChI is InChI=1S/C52H100O6/c1-46(2)38-32-26-20-16-13-11-9-7-8-10-12-14-18-23-31-37-43-52(55)58-49(45-57-51(54)42-36-30-25-24-28-34-40-48(5)6)44-56-50(53)41-35-29-22-19-15-17-21-27-33-39-47(3)4/h46-49H,7-45H2,1-6H3/t49-/m0/s1. The summed E-state index contributed by atoms with van der Waals surface area (Å²) in [4.78, 5) is 37.8. The molecule has 0 heterocycles. The van der Waals surface area contributed by atoms with Crippen LogP contribution in [0, 0.1) is 17.8 Å². The molecule has 0 aliphatic rings. The van der Waals surface area contributed by atoms with Gasteiger partial charge in [0.2, 0.25) is 0 Å². The van der Waals surface area contributed by atoms with Crippen LogP contribution in [0.3, 0.4) is 0 Å². The van der Waals surface area contributed by atoms with Gasteiger partial charge in [0.05, 0.1) is 0 Å². The van der Waals surface area contributed by atoms with Gasteiger partial charge in [-0.1, -0.05) is 241 Å². The van der Waals surface area contributed by atoms with E-state index in [1.54, 1.807) is 0 Å². The predicted molar refractivity (Wildman–Crippen MR) is 247 cm³/mol. The predicted octanol–water partition coefficient (Wildman–Crippen LogP) is 16.4. The molecule has 0 aromatic heterocycles. The van der Waals surface area contributed by atoms with Crippen LogP contribution >= 0.6 is 0 Å². The Balaban J connectivity index is 4.24. The van der Waals surface area contributed by atoms with Gasteiger partial charge in [-0.05, 0) is 37.0 Å².